The Morgan fingerprint density at radius 1 is 0.620 bits per heavy atom. The Balaban J connectivity index is 1.02. The minimum atomic E-state index is -4.75. The average Bonchev–Trinajstić information content (AvgIpc) is 1.44. The van der Waals surface area contributed by atoms with Gasteiger partial charge in [-0.05, 0) is 86.8 Å². The molecule has 0 aliphatic carbocycles. The molecule has 100 heavy (non-hydrogen) atoms. The lowest BCUT2D eigenvalue weighted by atomic mass is 9.75. The van der Waals surface area contributed by atoms with Crippen LogP contribution in [0.15, 0.2) is 177 Å². The van der Waals surface area contributed by atoms with Crippen molar-refractivity contribution in [1.82, 2.24) is 54.1 Å². The highest BCUT2D eigenvalue weighted by atomic mass is 31.2. The quantitative estimate of drug-likeness (QED) is 0.0141. The second-order valence-electron chi connectivity index (χ2n) is 26.6. The predicted molar refractivity (Wildman–Crippen MR) is 382 cm³/mol. The van der Waals surface area contributed by atoms with E-state index in [9.17, 15) is 20.1 Å². The van der Waals surface area contributed by atoms with Crippen LogP contribution < -0.4 is 21.0 Å². The molecule has 2 unspecified atom stereocenters. The molecule has 2 aliphatic rings. The number of ether oxygens (including phenoxy) is 2. The molecule has 0 spiro atoms. The number of amides is 2. The van der Waals surface area contributed by atoms with Gasteiger partial charge in [0.25, 0.3) is 20.3 Å². The van der Waals surface area contributed by atoms with Crippen molar-refractivity contribution in [2.24, 2.45) is 5.92 Å². The zero-order chi connectivity index (χ0) is 70.8. The number of nitrogens with zero attached hydrogens (tertiary/aromatic N) is 11. The Labute approximate surface area is 585 Å². The summed E-state index contributed by atoms with van der Waals surface area (Å²) in [6, 6.07) is 50.3. The van der Waals surface area contributed by atoms with Crippen molar-refractivity contribution in [3.8, 4) is 12.1 Å². The molecule has 0 radical (unpaired) electrons. The molecular formula is C72H85N15O10P2Si. The maximum atomic E-state index is 16.7. The molecular weight excluding hydrogens is 1320 g/mol. The standard InChI is InChI=1S/C72H85N15O10P2Si/c1-48(2)87(49(3)4)98(91-40-26-38-73)92-42-56-59(62(97-100(9,10)71(6,7)8)70(96-56)86-47-80-61-64(76-45-78-66(61)86)82-68(89)52-30-18-12-19-31-52)84-99(90,93-41-27-39-74)94-43-57-58(83-72(53-32-20-13-21-33-53,54-34-22-14-23-35-54)55-36-24-15-25-37-55)50(5)69(95-57)85-46-79-60-63(75-44-77-65(60)85)81-67(88)51-28-16-11-17-29-51/h11-25,28-37,44-50,56-59,62,69-70,83H,26-27,40-43H2,1-10H3,(H,84,90)(H,75,77,81,88)(H,76,78,82,89)/t50-,56-,57-,58+,59-,62-,69-,70-,98?,99?/m1/s1. The van der Waals surface area contributed by atoms with E-state index in [1.165, 1.54) is 12.7 Å². The Hall–Kier alpha value is -8.40. The molecule has 11 rings (SSSR count). The normalized spacial score (nSPS) is 20.6. The first-order chi connectivity index (χ1) is 48.1. The van der Waals surface area contributed by atoms with Gasteiger partial charge < -0.3 is 33.6 Å². The van der Waals surface area contributed by atoms with Gasteiger partial charge in [0.1, 0.15) is 31.1 Å². The van der Waals surface area contributed by atoms with Gasteiger partial charge in [0.2, 0.25) is 0 Å². The molecule has 25 nitrogen and oxygen atoms in total. The topological polar surface area (TPSA) is 302 Å². The summed E-state index contributed by atoms with van der Waals surface area (Å²) in [5.41, 5.74) is 3.75. The van der Waals surface area contributed by atoms with E-state index in [0.717, 1.165) is 16.7 Å². The maximum absolute atomic E-state index is 16.7. The van der Waals surface area contributed by atoms with Gasteiger partial charge in [-0.2, -0.15) is 10.5 Å². The number of hydrogen-bond donors (Lipinski definition) is 4. The highest BCUT2D eigenvalue weighted by Crippen LogP contribution is 2.53. The number of anilines is 2. The second-order valence-corrected chi connectivity index (χ2v) is 34.6. The predicted octanol–water partition coefficient (Wildman–Crippen LogP) is 13.2. The number of nitriles is 2. The molecule has 0 bridgehead atoms. The van der Waals surface area contributed by atoms with Crippen LogP contribution >= 0.6 is 16.3 Å². The summed E-state index contributed by atoms with van der Waals surface area (Å²) >= 11 is 0. The third-order valence-corrected chi connectivity index (χ3v) is 26.5. The van der Waals surface area contributed by atoms with Crippen LogP contribution in [0.1, 0.15) is 118 Å². The molecule has 2 fully saturated rings. The van der Waals surface area contributed by atoms with Crippen LogP contribution in [0.2, 0.25) is 18.1 Å². The minimum Gasteiger partial charge on any atom is -0.408 e. The molecule has 4 aromatic heterocycles. The molecule has 28 heteroatoms. The van der Waals surface area contributed by atoms with Gasteiger partial charge in [-0.1, -0.05) is 155 Å². The van der Waals surface area contributed by atoms with Crippen molar-refractivity contribution < 1.29 is 46.1 Å². The summed E-state index contributed by atoms with van der Waals surface area (Å²) in [5.74, 6) is -0.918. The number of imidazole rings is 2. The van der Waals surface area contributed by atoms with Gasteiger partial charge >= 0.3 is 7.75 Å². The van der Waals surface area contributed by atoms with Crippen LogP contribution in [0.3, 0.4) is 0 Å². The first-order valence-corrected chi connectivity index (χ1v) is 39.0. The van der Waals surface area contributed by atoms with Crippen molar-refractivity contribution in [1.29, 1.82) is 10.5 Å². The Kier molecular flexibility index (Phi) is 23.4. The van der Waals surface area contributed by atoms with E-state index in [2.05, 4.69) is 118 Å². The van der Waals surface area contributed by atoms with Gasteiger partial charge in [-0.3, -0.25) is 33.1 Å². The van der Waals surface area contributed by atoms with E-state index >= 15 is 4.57 Å². The fourth-order valence-electron chi connectivity index (χ4n) is 12.5. The SMILES string of the molecule is CC(C)N(C(C)C)P(OCCC#N)OC[C@H]1O[C@@H](n2cnc3c(NC(=O)c4ccccc4)ncnc32)[C@H](O[Si](C)(C)C(C)(C)C)[C@@H]1NP(=O)(OCCC#N)OC[C@H]1O[C@@H](n2cnc3c(NC(=O)c4ccccc4)ncnc32)[C@H](C)[C@@H]1NC(c1ccccc1)(c1ccccc1)c1ccccc1. The first kappa shape index (κ1) is 72.8. The largest absolute Gasteiger partial charge is 0.408 e. The van der Waals surface area contributed by atoms with Gasteiger partial charge in [0.15, 0.2) is 48.5 Å². The summed E-state index contributed by atoms with van der Waals surface area (Å²) in [6.45, 7) is 19.9. The van der Waals surface area contributed by atoms with E-state index in [1.807, 2.05) is 101 Å². The van der Waals surface area contributed by atoms with Gasteiger partial charge in [-0.25, -0.2) is 44.2 Å². The number of aromatic nitrogens is 8. The van der Waals surface area contributed by atoms with Crippen molar-refractivity contribution in [2.45, 2.75) is 147 Å². The molecule has 9 aromatic rings. The molecule has 522 valence electrons. The number of carbonyl (C=O) groups excluding carboxylic acids is 2. The molecule has 5 aromatic carbocycles. The van der Waals surface area contributed by atoms with Crippen LogP contribution in [0, 0.1) is 28.6 Å². The highest BCUT2D eigenvalue weighted by Gasteiger charge is 2.55. The second kappa shape index (κ2) is 32.1. The van der Waals surface area contributed by atoms with Crippen LogP contribution in [0.4, 0.5) is 11.6 Å². The minimum absolute atomic E-state index is 0.0627. The van der Waals surface area contributed by atoms with E-state index in [4.69, 9.17) is 51.9 Å². The lowest BCUT2D eigenvalue weighted by Crippen LogP contribution is -2.55. The van der Waals surface area contributed by atoms with E-state index < -0.39 is 89.8 Å². The average molecular weight is 1410 g/mol. The smallest absolute Gasteiger partial charge is 0.406 e. The summed E-state index contributed by atoms with van der Waals surface area (Å²) < 4.78 is 71.2. The number of nitrogens with one attached hydrogen (secondary N) is 4. The van der Waals surface area contributed by atoms with Crippen molar-refractivity contribution in [2.75, 3.05) is 37.1 Å². The van der Waals surface area contributed by atoms with Crippen LogP contribution in [-0.4, -0.2) is 133 Å². The monoisotopic (exact) mass is 1410 g/mol. The van der Waals surface area contributed by atoms with Crippen LogP contribution in [-0.2, 0) is 42.1 Å². The fraction of sp³-hybridized carbons (Fsp3) is 0.389. The number of carbonyl (C=O) groups is 2. The van der Waals surface area contributed by atoms with E-state index in [-0.39, 0.29) is 80.1 Å². The molecule has 2 aliphatic heterocycles. The molecule has 2 saturated heterocycles. The molecule has 0 saturated carbocycles. The summed E-state index contributed by atoms with van der Waals surface area (Å²) in [4.78, 5) is 55.3. The zero-order valence-electron chi connectivity index (χ0n) is 57.7. The number of rotatable bonds is 30. The summed E-state index contributed by atoms with van der Waals surface area (Å²) in [7, 11) is -9.54. The summed E-state index contributed by atoms with van der Waals surface area (Å²) in [6.07, 6.45) is 0.775. The van der Waals surface area contributed by atoms with Gasteiger partial charge in [0.05, 0.1) is 81.7 Å². The Bertz CT molecular complexity index is 4250. The van der Waals surface area contributed by atoms with Crippen molar-refractivity contribution >= 4 is 70.4 Å². The van der Waals surface area contributed by atoms with Crippen LogP contribution in [0.5, 0.6) is 0 Å². The fourth-order valence-corrected chi connectivity index (χ4v) is 17.0. The third kappa shape index (κ3) is 16.0. The lowest BCUT2D eigenvalue weighted by molar-refractivity contribution is -0.0447. The third-order valence-electron chi connectivity index (χ3n) is 18.3. The molecule has 10 atom stereocenters. The molecule has 6 heterocycles. The summed E-state index contributed by atoms with van der Waals surface area (Å²) in [5, 5.41) is 32.8. The highest BCUT2D eigenvalue weighted by molar-refractivity contribution is 7.51. The number of hydrogen-bond acceptors (Lipinski definition) is 20. The zero-order valence-corrected chi connectivity index (χ0v) is 60.4. The van der Waals surface area contributed by atoms with E-state index in [1.54, 1.807) is 70.3 Å². The Morgan fingerprint density at radius 2 is 1.07 bits per heavy atom. The van der Waals surface area contributed by atoms with Crippen molar-refractivity contribution in [3.05, 3.63) is 205 Å². The lowest BCUT2D eigenvalue weighted by Gasteiger charge is -2.42. The van der Waals surface area contributed by atoms with Gasteiger partial charge in [-0.15, -0.1) is 0 Å². The first-order valence-electron chi connectivity index (χ1n) is 33.4. The van der Waals surface area contributed by atoms with Gasteiger partial charge in [0, 0.05) is 35.2 Å². The molecule has 2 amide bonds. The maximum Gasteiger partial charge on any atom is 0.406 e. The Morgan fingerprint density at radius 3 is 1.54 bits per heavy atom. The van der Waals surface area contributed by atoms with Crippen LogP contribution in [0.25, 0.3) is 22.3 Å². The van der Waals surface area contributed by atoms with E-state index in [0.29, 0.717) is 22.3 Å². The number of benzene rings is 5. The number of fused-ring (bicyclic) bond motifs is 2. The van der Waals surface area contributed by atoms with Crippen molar-refractivity contribution in [3.63, 3.8) is 0 Å². The molecule has 4 N–H and O–H groups in total.